The Kier molecular flexibility index (Phi) is 4.12. The molecule has 0 atom stereocenters. The molecule has 0 aromatic carbocycles. The molecule has 1 aromatic heterocycles. The molecule has 0 saturated carbocycles. The minimum atomic E-state index is -4.52. The Morgan fingerprint density at radius 3 is 2.47 bits per heavy atom. The highest BCUT2D eigenvalue weighted by Gasteiger charge is 2.36. The van der Waals surface area contributed by atoms with Gasteiger partial charge in [0.1, 0.15) is 12.9 Å². The van der Waals surface area contributed by atoms with E-state index >= 15 is 0 Å². The van der Waals surface area contributed by atoms with Crippen LogP contribution in [-0.4, -0.2) is 33.7 Å². The summed E-state index contributed by atoms with van der Waals surface area (Å²) in [7, 11) is 0. The maximum atomic E-state index is 12.5. The fourth-order valence-corrected chi connectivity index (χ4v) is 1.46. The molecule has 0 fully saturated rings. The largest absolute Gasteiger partial charge is 0.405 e. The number of hydrogen-bond acceptors (Lipinski definition) is 6. The third-order valence-corrected chi connectivity index (χ3v) is 2.26. The van der Waals surface area contributed by atoms with Crippen molar-refractivity contribution in [3.8, 4) is 0 Å². The Morgan fingerprint density at radius 2 is 2.05 bits per heavy atom. The first-order valence-corrected chi connectivity index (χ1v) is 5.21. The van der Waals surface area contributed by atoms with Crippen LogP contribution in [0.25, 0.3) is 0 Å². The highest BCUT2D eigenvalue weighted by atomic mass is 19.4. The van der Waals surface area contributed by atoms with E-state index in [9.17, 15) is 23.3 Å². The van der Waals surface area contributed by atoms with E-state index in [2.05, 4.69) is 9.97 Å². The predicted octanol–water partition coefficient (Wildman–Crippen LogP) is 1.74. The van der Waals surface area contributed by atoms with E-state index in [0.29, 0.717) is 0 Å². The average molecular weight is 279 g/mol. The predicted molar refractivity (Wildman–Crippen MR) is 61.6 cm³/mol. The quantitative estimate of drug-likeness (QED) is 0.666. The van der Waals surface area contributed by atoms with Crippen molar-refractivity contribution < 1.29 is 18.1 Å². The number of anilines is 2. The lowest BCUT2D eigenvalue weighted by molar-refractivity contribution is -0.383. The zero-order valence-electron chi connectivity index (χ0n) is 10.2. The third-order valence-electron chi connectivity index (χ3n) is 2.26. The minimum Gasteiger partial charge on any atom is -0.378 e. The van der Waals surface area contributed by atoms with Crippen molar-refractivity contribution >= 4 is 17.3 Å². The monoisotopic (exact) mass is 279 g/mol. The van der Waals surface area contributed by atoms with Crippen molar-refractivity contribution in [2.24, 2.45) is 0 Å². The van der Waals surface area contributed by atoms with E-state index in [1.807, 2.05) is 0 Å². The Morgan fingerprint density at radius 1 is 1.47 bits per heavy atom. The Bertz CT molecular complexity index is 477. The summed E-state index contributed by atoms with van der Waals surface area (Å²) in [6.45, 7) is 1.57. The first-order valence-electron chi connectivity index (χ1n) is 5.21. The second-order valence-corrected chi connectivity index (χ2v) is 4.03. The van der Waals surface area contributed by atoms with E-state index in [1.165, 1.54) is 13.8 Å². The van der Waals surface area contributed by atoms with Crippen LogP contribution in [-0.2, 0) is 0 Å². The maximum absolute atomic E-state index is 12.5. The molecule has 1 rings (SSSR count). The van der Waals surface area contributed by atoms with Gasteiger partial charge in [-0.1, -0.05) is 0 Å². The van der Waals surface area contributed by atoms with E-state index in [1.54, 1.807) is 0 Å². The van der Waals surface area contributed by atoms with Crippen molar-refractivity contribution in [2.45, 2.75) is 26.1 Å². The summed E-state index contributed by atoms with van der Waals surface area (Å²) in [5, 5.41) is 10.9. The average Bonchev–Trinajstić information content (AvgIpc) is 2.23. The van der Waals surface area contributed by atoms with Gasteiger partial charge in [-0.2, -0.15) is 13.2 Å². The molecule has 0 aliphatic heterocycles. The molecule has 0 amide bonds. The SMILES string of the molecule is CC(C)N(CC(F)(F)F)c1ncnc(N)c1[N+](=O)[O-]. The van der Waals surface area contributed by atoms with Gasteiger partial charge in [0.2, 0.25) is 11.6 Å². The maximum Gasteiger partial charge on any atom is 0.405 e. The van der Waals surface area contributed by atoms with Gasteiger partial charge in [0, 0.05) is 6.04 Å². The molecule has 0 bridgehead atoms. The van der Waals surface area contributed by atoms with Crippen LogP contribution in [0.15, 0.2) is 6.33 Å². The number of aromatic nitrogens is 2. The number of nitrogens with zero attached hydrogens (tertiary/aromatic N) is 4. The molecule has 7 nitrogen and oxygen atoms in total. The van der Waals surface area contributed by atoms with E-state index in [-0.39, 0.29) is 0 Å². The summed E-state index contributed by atoms with van der Waals surface area (Å²) in [4.78, 5) is 17.7. The summed E-state index contributed by atoms with van der Waals surface area (Å²) in [6.07, 6.45) is -3.62. The van der Waals surface area contributed by atoms with Crippen LogP contribution in [0.2, 0.25) is 0 Å². The lowest BCUT2D eigenvalue weighted by Gasteiger charge is -2.28. The van der Waals surface area contributed by atoms with Crippen LogP contribution >= 0.6 is 0 Å². The lowest BCUT2D eigenvalue weighted by Crippen LogP contribution is -2.40. The molecule has 0 unspecified atom stereocenters. The van der Waals surface area contributed by atoms with Crippen molar-refractivity contribution in [2.75, 3.05) is 17.2 Å². The number of rotatable bonds is 4. The van der Waals surface area contributed by atoms with Gasteiger partial charge >= 0.3 is 11.9 Å². The first kappa shape index (κ1) is 14.9. The third kappa shape index (κ3) is 3.66. The number of alkyl halides is 3. The van der Waals surface area contributed by atoms with Gasteiger partial charge in [0.25, 0.3) is 0 Å². The molecule has 0 aliphatic rings. The van der Waals surface area contributed by atoms with Crippen LogP contribution in [0.3, 0.4) is 0 Å². The topological polar surface area (TPSA) is 98.2 Å². The number of hydrogen-bond donors (Lipinski definition) is 1. The Labute approximate surface area is 106 Å². The fraction of sp³-hybridized carbons (Fsp3) is 0.556. The Hall–Kier alpha value is -2.13. The lowest BCUT2D eigenvalue weighted by atomic mass is 10.3. The van der Waals surface area contributed by atoms with Gasteiger partial charge in [-0.25, -0.2) is 9.97 Å². The van der Waals surface area contributed by atoms with Crippen molar-refractivity contribution in [1.29, 1.82) is 0 Å². The zero-order chi connectivity index (χ0) is 14.8. The van der Waals surface area contributed by atoms with Gasteiger partial charge in [0.15, 0.2) is 0 Å². The molecule has 0 radical (unpaired) electrons. The first-order chi connectivity index (χ1) is 8.63. The second-order valence-electron chi connectivity index (χ2n) is 4.03. The molecule has 0 saturated heterocycles. The summed E-state index contributed by atoms with van der Waals surface area (Å²) in [5.74, 6) is -0.910. The summed E-state index contributed by atoms with van der Waals surface area (Å²) < 4.78 is 37.5. The number of halogens is 3. The summed E-state index contributed by atoms with van der Waals surface area (Å²) in [6, 6.07) is -0.644. The van der Waals surface area contributed by atoms with E-state index in [0.717, 1.165) is 11.2 Å². The van der Waals surface area contributed by atoms with Crippen LogP contribution in [0.4, 0.5) is 30.5 Å². The second kappa shape index (κ2) is 5.24. The van der Waals surface area contributed by atoms with Crippen molar-refractivity contribution in [1.82, 2.24) is 9.97 Å². The standard InChI is InChI=1S/C9H12F3N5O2/c1-5(2)16(3-9(10,11)12)8-6(17(18)19)7(13)14-4-15-8/h4-5H,3H2,1-2H3,(H2,13,14,15). The number of nitro groups is 1. The molecule has 1 aromatic rings. The van der Waals surface area contributed by atoms with Gasteiger partial charge < -0.3 is 10.6 Å². The normalized spacial score (nSPS) is 11.7. The molecular weight excluding hydrogens is 267 g/mol. The summed E-state index contributed by atoms with van der Waals surface area (Å²) >= 11 is 0. The molecule has 0 aliphatic carbocycles. The van der Waals surface area contributed by atoms with Crippen molar-refractivity contribution in [3.63, 3.8) is 0 Å². The van der Waals surface area contributed by atoms with Gasteiger partial charge in [-0.05, 0) is 13.8 Å². The van der Waals surface area contributed by atoms with Crippen LogP contribution < -0.4 is 10.6 Å². The van der Waals surface area contributed by atoms with E-state index in [4.69, 9.17) is 5.73 Å². The molecule has 10 heteroatoms. The van der Waals surface area contributed by atoms with Gasteiger partial charge in [0.05, 0.1) is 4.92 Å². The molecule has 19 heavy (non-hydrogen) atoms. The van der Waals surface area contributed by atoms with Gasteiger partial charge in [-0.3, -0.25) is 10.1 Å². The number of nitrogen functional groups attached to an aromatic ring is 1. The van der Waals surface area contributed by atoms with Crippen LogP contribution in [0.1, 0.15) is 13.8 Å². The van der Waals surface area contributed by atoms with E-state index < -0.39 is 41.0 Å². The molecule has 2 N–H and O–H groups in total. The number of nitrogens with two attached hydrogens (primary N) is 1. The van der Waals surface area contributed by atoms with Crippen molar-refractivity contribution in [3.05, 3.63) is 16.4 Å². The zero-order valence-corrected chi connectivity index (χ0v) is 10.2. The minimum absolute atomic E-state index is 0.440. The molecule has 1 heterocycles. The smallest absolute Gasteiger partial charge is 0.378 e. The molecule has 0 spiro atoms. The van der Waals surface area contributed by atoms with Crippen LogP contribution in [0, 0.1) is 10.1 Å². The highest BCUT2D eigenvalue weighted by Crippen LogP contribution is 2.32. The summed E-state index contributed by atoms with van der Waals surface area (Å²) in [5.41, 5.74) is 4.60. The molecule has 106 valence electrons. The highest BCUT2D eigenvalue weighted by molar-refractivity contribution is 5.68. The molecular formula is C9H12F3N5O2. The Balaban J connectivity index is 3.31. The van der Waals surface area contributed by atoms with Crippen LogP contribution in [0.5, 0.6) is 0 Å². The fourth-order valence-electron chi connectivity index (χ4n) is 1.46. The van der Waals surface area contributed by atoms with Gasteiger partial charge in [-0.15, -0.1) is 0 Å².